The number of anilines is 1. The Bertz CT molecular complexity index is 744. The molecule has 0 aliphatic heterocycles. The lowest BCUT2D eigenvalue weighted by molar-refractivity contribution is 0.414. The maximum absolute atomic E-state index is 5.92. The van der Waals surface area contributed by atoms with Gasteiger partial charge in [0.25, 0.3) is 0 Å². The lowest BCUT2D eigenvalue weighted by Gasteiger charge is -2.02. The average Bonchev–Trinajstić information content (AvgIpc) is 2.87. The Kier molecular flexibility index (Phi) is 3.06. The van der Waals surface area contributed by atoms with Crippen LogP contribution in [0.2, 0.25) is 0 Å². The van der Waals surface area contributed by atoms with Gasteiger partial charge < -0.3 is 14.9 Å². The van der Waals surface area contributed by atoms with Crippen LogP contribution in [0.3, 0.4) is 0 Å². The van der Waals surface area contributed by atoms with E-state index in [0.29, 0.717) is 0 Å². The van der Waals surface area contributed by atoms with Crippen LogP contribution in [0.5, 0.6) is 5.75 Å². The first-order valence-corrected chi connectivity index (χ1v) is 6.53. The van der Waals surface area contributed by atoms with Crippen molar-refractivity contribution >= 4 is 11.3 Å². The highest BCUT2D eigenvalue weighted by Crippen LogP contribution is 2.18. The van der Waals surface area contributed by atoms with Crippen molar-refractivity contribution in [3.05, 3.63) is 59.5 Å². The van der Waals surface area contributed by atoms with Crippen LogP contribution in [-0.2, 0) is 6.42 Å². The van der Waals surface area contributed by atoms with Gasteiger partial charge in [-0.25, -0.2) is 4.98 Å². The molecule has 3 aromatic rings. The first-order chi connectivity index (χ1) is 9.67. The zero-order valence-electron chi connectivity index (χ0n) is 11.6. The molecule has 0 radical (unpaired) electrons. The lowest BCUT2D eigenvalue weighted by Crippen LogP contribution is -1.96. The molecule has 2 heterocycles. The molecule has 0 amide bonds. The van der Waals surface area contributed by atoms with E-state index < -0.39 is 0 Å². The molecule has 0 saturated carbocycles. The highest BCUT2D eigenvalue weighted by Gasteiger charge is 2.06. The van der Waals surface area contributed by atoms with Gasteiger partial charge in [0.1, 0.15) is 11.4 Å². The summed E-state index contributed by atoms with van der Waals surface area (Å²) in [6, 6.07) is 11.9. The molecule has 2 N–H and O–H groups in total. The number of nitrogens with zero attached hydrogens (tertiary/aromatic N) is 2. The minimum absolute atomic E-state index is 0.783. The SMILES string of the molecule is COc1ccc(Cc2cn3c(C)c(N)ccc3n2)cc1. The number of fused-ring (bicyclic) bond motifs is 1. The molecule has 2 aromatic heterocycles. The normalized spacial score (nSPS) is 10.9. The molecule has 0 saturated heterocycles. The molecule has 0 aliphatic carbocycles. The third-order valence-electron chi connectivity index (χ3n) is 3.52. The number of aromatic nitrogens is 2. The van der Waals surface area contributed by atoms with E-state index in [-0.39, 0.29) is 0 Å². The number of imidazole rings is 1. The number of pyridine rings is 1. The maximum atomic E-state index is 5.92. The zero-order chi connectivity index (χ0) is 14.1. The van der Waals surface area contributed by atoms with Crippen molar-refractivity contribution in [1.29, 1.82) is 0 Å². The second kappa shape index (κ2) is 4.89. The van der Waals surface area contributed by atoms with E-state index in [1.54, 1.807) is 7.11 Å². The highest BCUT2D eigenvalue weighted by molar-refractivity contribution is 5.53. The second-order valence-corrected chi connectivity index (χ2v) is 4.86. The first-order valence-electron chi connectivity index (χ1n) is 6.53. The monoisotopic (exact) mass is 267 g/mol. The molecule has 4 nitrogen and oxygen atoms in total. The van der Waals surface area contributed by atoms with E-state index in [9.17, 15) is 0 Å². The number of ether oxygens (including phenoxy) is 1. The van der Waals surface area contributed by atoms with Crippen LogP contribution in [0.4, 0.5) is 5.69 Å². The Morgan fingerprint density at radius 3 is 2.60 bits per heavy atom. The quantitative estimate of drug-likeness (QED) is 0.794. The van der Waals surface area contributed by atoms with Crippen molar-refractivity contribution < 1.29 is 4.74 Å². The van der Waals surface area contributed by atoms with Crippen LogP contribution in [0.1, 0.15) is 17.0 Å². The van der Waals surface area contributed by atoms with E-state index in [1.165, 1.54) is 5.56 Å². The Morgan fingerprint density at radius 1 is 1.15 bits per heavy atom. The fourth-order valence-electron chi connectivity index (χ4n) is 2.29. The maximum Gasteiger partial charge on any atom is 0.137 e. The summed E-state index contributed by atoms with van der Waals surface area (Å²) >= 11 is 0. The Morgan fingerprint density at radius 2 is 1.90 bits per heavy atom. The summed E-state index contributed by atoms with van der Waals surface area (Å²) in [5.41, 5.74) is 10.9. The summed E-state index contributed by atoms with van der Waals surface area (Å²) in [5.74, 6) is 0.868. The van der Waals surface area contributed by atoms with Crippen LogP contribution in [0.15, 0.2) is 42.6 Å². The predicted octanol–water partition coefficient (Wildman–Crippen LogP) is 2.82. The third kappa shape index (κ3) is 2.20. The molecule has 0 bridgehead atoms. The van der Waals surface area contributed by atoms with Crippen molar-refractivity contribution in [2.24, 2.45) is 0 Å². The summed E-state index contributed by atoms with van der Waals surface area (Å²) in [6.45, 7) is 2.00. The topological polar surface area (TPSA) is 52.5 Å². The summed E-state index contributed by atoms with van der Waals surface area (Å²) in [5, 5.41) is 0. The molecule has 0 aliphatic rings. The molecule has 1 aromatic carbocycles. The molecule has 0 fully saturated rings. The molecular formula is C16H17N3O. The minimum Gasteiger partial charge on any atom is -0.497 e. The molecular weight excluding hydrogens is 250 g/mol. The van der Waals surface area contributed by atoms with Gasteiger partial charge in [-0.05, 0) is 36.8 Å². The van der Waals surface area contributed by atoms with E-state index in [2.05, 4.69) is 17.1 Å². The molecule has 0 unspecified atom stereocenters. The van der Waals surface area contributed by atoms with Gasteiger partial charge >= 0.3 is 0 Å². The molecule has 102 valence electrons. The number of benzene rings is 1. The summed E-state index contributed by atoms with van der Waals surface area (Å²) in [4.78, 5) is 4.63. The molecule has 3 rings (SSSR count). The van der Waals surface area contributed by atoms with Gasteiger partial charge in [-0.15, -0.1) is 0 Å². The van der Waals surface area contributed by atoms with Crippen molar-refractivity contribution in [2.75, 3.05) is 12.8 Å². The lowest BCUT2D eigenvalue weighted by atomic mass is 10.1. The average molecular weight is 267 g/mol. The highest BCUT2D eigenvalue weighted by atomic mass is 16.5. The summed E-state index contributed by atoms with van der Waals surface area (Å²) in [7, 11) is 1.67. The van der Waals surface area contributed by atoms with Crippen molar-refractivity contribution in [2.45, 2.75) is 13.3 Å². The number of hydrogen-bond donors (Lipinski definition) is 1. The van der Waals surface area contributed by atoms with Crippen LogP contribution < -0.4 is 10.5 Å². The van der Waals surface area contributed by atoms with Gasteiger partial charge in [0.05, 0.1) is 18.5 Å². The Labute approximate surface area is 117 Å². The van der Waals surface area contributed by atoms with Gasteiger partial charge in [0.15, 0.2) is 0 Å². The minimum atomic E-state index is 0.783. The third-order valence-corrected chi connectivity index (χ3v) is 3.52. The number of nitrogens with two attached hydrogens (primary N) is 1. The van der Waals surface area contributed by atoms with Crippen molar-refractivity contribution in [3.63, 3.8) is 0 Å². The fraction of sp³-hybridized carbons (Fsp3) is 0.188. The van der Waals surface area contributed by atoms with E-state index in [1.807, 2.05) is 41.8 Å². The molecule has 0 spiro atoms. The molecule has 20 heavy (non-hydrogen) atoms. The Balaban J connectivity index is 1.92. The number of aryl methyl sites for hydroxylation is 1. The van der Waals surface area contributed by atoms with E-state index in [4.69, 9.17) is 10.5 Å². The number of nitrogen functional groups attached to an aromatic ring is 1. The van der Waals surface area contributed by atoms with Crippen LogP contribution in [0, 0.1) is 6.92 Å². The fourth-order valence-corrected chi connectivity index (χ4v) is 2.29. The van der Waals surface area contributed by atoms with Crippen LogP contribution in [-0.4, -0.2) is 16.5 Å². The van der Waals surface area contributed by atoms with Gasteiger partial charge in [-0.1, -0.05) is 12.1 Å². The summed E-state index contributed by atoms with van der Waals surface area (Å²) < 4.78 is 7.20. The van der Waals surface area contributed by atoms with E-state index in [0.717, 1.165) is 34.9 Å². The number of hydrogen-bond acceptors (Lipinski definition) is 3. The second-order valence-electron chi connectivity index (χ2n) is 4.86. The van der Waals surface area contributed by atoms with Crippen molar-refractivity contribution in [3.8, 4) is 5.75 Å². The van der Waals surface area contributed by atoms with Gasteiger partial charge in [0.2, 0.25) is 0 Å². The predicted molar refractivity (Wildman–Crippen MR) is 80.1 cm³/mol. The largest absolute Gasteiger partial charge is 0.497 e. The summed E-state index contributed by atoms with van der Waals surface area (Å²) in [6.07, 6.45) is 2.84. The first kappa shape index (κ1) is 12.5. The van der Waals surface area contributed by atoms with Crippen LogP contribution >= 0.6 is 0 Å². The molecule has 4 heteroatoms. The van der Waals surface area contributed by atoms with Gasteiger partial charge in [-0.2, -0.15) is 0 Å². The zero-order valence-corrected chi connectivity index (χ0v) is 11.6. The smallest absolute Gasteiger partial charge is 0.137 e. The van der Waals surface area contributed by atoms with Gasteiger partial charge in [0, 0.05) is 18.3 Å². The van der Waals surface area contributed by atoms with E-state index >= 15 is 0 Å². The standard InChI is InChI=1S/C16H17N3O/c1-11-15(17)7-8-16-18-13(10-19(11)16)9-12-3-5-14(20-2)6-4-12/h3-8,10H,9,17H2,1-2H3. The number of methoxy groups -OCH3 is 1. The Hall–Kier alpha value is -2.49. The van der Waals surface area contributed by atoms with Crippen LogP contribution in [0.25, 0.3) is 5.65 Å². The number of rotatable bonds is 3. The molecule has 0 atom stereocenters. The van der Waals surface area contributed by atoms with Crippen molar-refractivity contribution in [1.82, 2.24) is 9.38 Å². The van der Waals surface area contributed by atoms with Gasteiger partial charge in [-0.3, -0.25) is 0 Å².